The highest BCUT2D eigenvalue weighted by atomic mass is 32.2. The number of carbonyl (C=O) groups is 3. The molecule has 3 amide bonds. The molecule has 44 heavy (non-hydrogen) atoms. The van der Waals surface area contributed by atoms with Crippen LogP contribution >= 0.6 is 11.8 Å². The van der Waals surface area contributed by atoms with E-state index < -0.39 is 11.3 Å². The summed E-state index contributed by atoms with van der Waals surface area (Å²) >= 11 is 1.26. The smallest absolute Gasteiger partial charge is 0.259 e. The summed E-state index contributed by atoms with van der Waals surface area (Å²) in [6.07, 6.45) is 0.929. The second-order valence-electron chi connectivity index (χ2n) is 10.8. The zero-order chi connectivity index (χ0) is 30.6. The van der Waals surface area contributed by atoms with E-state index in [0.29, 0.717) is 47.7 Å². The number of benzene rings is 3. The van der Waals surface area contributed by atoms with Crippen LogP contribution in [0.4, 0.5) is 5.69 Å². The van der Waals surface area contributed by atoms with E-state index in [-0.39, 0.29) is 37.4 Å². The number of rotatable bonds is 10. The summed E-state index contributed by atoms with van der Waals surface area (Å²) in [6.45, 7) is 4.90. The Kier molecular flexibility index (Phi) is 8.65. The number of para-hydroxylation sites is 1. The Morgan fingerprint density at radius 1 is 1.00 bits per heavy atom. The van der Waals surface area contributed by atoms with Gasteiger partial charge >= 0.3 is 0 Å². The van der Waals surface area contributed by atoms with E-state index in [9.17, 15) is 14.4 Å². The molecule has 3 aromatic carbocycles. The molecule has 10 nitrogen and oxygen atoms in total. The summed E-state index contributed by atoms with van der Waals surface area (Å²) in [5.74, 6) is 1.29. The van der Waals surface area contributed by atoms with Gasteiger partial charge in [0.25, 0.3) is 5.91 Å². The maximum atomic E-state index is 13.7. The summed E-state index contributed by atoms with van der Waals surface area (Å²) in [6, 6.07) is 20.3. The number of amidine groups is 2. The highest BCUT2D eigenvalue weighted by Crippen LogP contribution is 2.36. The number of amides is 3. The summed E-state index contributed by atoms with van der Waals surface area (Å²) in [4.78, 5) is 50.7. The monoisotopic (exact) mass is 611 g/mol. The van der Waals surface area contributed by atoms with Crippen LogP contribution in [0.25, 0.3) is 0 Å². The average Bonchev–Trinajstić information content (AvgIpc) is 3.65. The standard InChI is InChI=1S/C33H33N5O5S/c1-3-28(31(40)35-17-21-10-8-20(2)9-11-21)44-33-37-24-7-5-4-6-23(24)30-36-25(32(41)38(30)33)13-15-29(39)34-18-22-12-14-26-27(16-22)43-19-42-26/h4-12,14,16,25,28H,3,13,15,17-19H2,1-2H3,(H,34,39)(H,35,40)/t25-,28-/m1/s1. The molecule has 3 heterocycles. The minimum absolute atomic E-state index is 0.125. The van der Waals surface area contributed by atoms with Gasteiger partial charge in [0.2, 0.25) is 18.6 Å². The molecule has 2 atom stereocenters. The molecule has 0 bridgehead atoms. The third kappa shape index (κ3) is 6.33. The van der Waals surface area contributed by atoms with Crippen molar-refractivity contribution in [2.45, 2.75) is 57.5 Å². The highest BCUT2D eigenvalue weighted by molar-refractivity contribution is 8.15. The van der Waals surface area contributed by atoms with Gasteiger partial charge < -0.3 is 20.1 Å². The first-order chi connectivity index (χ1) is 21.4. The fourth-order valence-electron chi connectivity index (χ4n) is 5.14. The average molecular weight is 612 g/mol. The van der Waals surface area contributed by atoms with Crippen molar-refractivity contribution in [3.05, 3.63) is 89.0 Å². The predicted octanol–water partition coefficient (Wildman–Crippen LogP) is 4.61. The van der Waals surface area contributed by atoms with Gasteiger partial charge in [0.15, 0.2) is 16.7 Å². The van der Waals surface area contributed by atoms with Crippen LogP contribution in [-0.2, 0) is 27.5 Å². The van der Waals surface area contributed by atoms with Gasteiger partial charge in [0, 0.05) is 25.1 Å². The molecule has 226 valence electrons. The molecule has 3 aromatic rings. The van der Waals surface area contributed by atoms with Crippen LogP contribution in [0.1, 0.15) is 48.4 Å². The molecule has 0 saturated heterocycles. The molecular formula is C33H33N5O5S. The fourth-order valence-corrected chi connectivity index (χ4v) is 6.18. The molecule has 2 N–H and O–H groups in total. The largest absolute Gasteiger partial charge is 0.454 e. The normalized spacial score (nSPS) is 16.9. The van der Waals surface area contributed by atoms with Crippen molar-refractivity contribution < 1.29 is 23.9 Å². The van der Waals surface area contributed by atoms with Crippen LogP contribution in [-0.4, -0.2) is 51.7 Å². The maximum absolute atomic E-state index is 13.7. The van der Waals surface area contributed by atoms with Gasteiger partial charge in [0.1, 0.15) is 11.9 Å². The Bertz CT molecular complexity index is 1650. The Balaban J connectivity index is 1.10. The van der Waals surface area contributed by atoms with Crippen molar-refractivity contribution in [1.29, 1.82) is 0 Å². The molecule has 0 unspecified atom stereocenters. The van der Waals surface area contributed by atoms with E-state index in [0.717, 1.165) is 22.3 Å². The van der Waals surface area contributed by atoms with Crippen LogP contribution in [0, 0.1) is 6.92 Å². The lowest BCUT2D eigenvalue weighted by atomic mass is 10.1. The number of nitrogens with one attached hydrogen (secondary N) is 2. The fraction of sp³-hybridized carbons (Fsp3) is 0.303. The molecule has 11 heteroatoms. The van der Waals surface area contributed by atoms with Gasteiger partial charge in [-0.05, 0) is 55.2 Å². The van der Waals surface area contributed by atoms with E-state index in [1.807, 2.05) is 80.6 Å². The highest BCUT2D eigenvalue weighted by Gasteiger charge is 2.42. The maximum Gasteiger partial charge on any atom is 0.259 e. The number of hydrogen-bond donors (Lipinski definition) is 2. The molecule has 6 rings (SSSR count). The molecule has 0 aliphatic carbocycles. The molecule has 0 spiro atoms. The van der Waals surface area contributed by atoms with Crippen LogP contribution in [0.5, 0.6) is 11.5 Å². The van der Waals surface area contributed by atoms with Gasteiger partial charge in [0.05, 0.1) is 10.9 Å². The first-order valence-electron chi connectivity index (χ1n) is 14.6. The van der Waals surface area contributed by atoms with Gasteiger partial charge in [-0.2, -0.15) is 0 Å². The van der Waals surface area contributed by atoms with Crippen LogP contribution in [0.15, 0.2) is 76.7 Å². The van der Waals surface area contributed by atoms with Gasteiger partial charge in [-0.25, -0.2) is 9.89 Å². The second kappa shape index (κ2) is 12.9. The van der Waals surface area contributed by atoms with E-state index in [1.165, 1.54) is 16.7 Å². The number of carbonyl (C=O) groups excluding carboxylic acids is 3. The van der Waals surface area contributed by atoms with Gasteiger partial charge in [-0.1, -0.05) is 66.7 Å². The first-order valence-corrected chi connectivity index (χ1v) is 15.5. The number of hydrogen-bond acceptors (Lipinski definition) is 8. The molecule has 0 saturated carbocycles. The van der Waals surface area contributed by atoms with Crippen molar-refractivity contribution in [1.82, 2.24) is 15.5 Å². The molecule has 3 aliphatic heterocycles. The number of nitrogens with zero attached hydrogens (tertiary/aromatic N) is 3. The molecule has 0 radical (unpaired) electrons. The minimum atomic E-state index is -0.728. The number of aryl methyl sites for hydroxylation is 1. The zero-order valence-electron chi connectivity index (χ0n) is 24.5. The summed E-state index contributed by atoms with van der Waals surface area (Å²) in [5.41, 5.74) is 4.50. The topological polar surface area (TPSA) is 122 Å². The lowest BCUT2D eigenvalue weighted by Gasteiger charge is -2.27. The number of aliphatic imine (C=N–C) groups is 2. The summed E-state index contributed by atoms with van der Waals surface area (Å²) < 4.78 is 10.7. The van der Waals surface area contributed by atoms with Crippen molar-refractivity contribution in [2.75, 3.05) is 6.79 Å². The first kappa shape index (κ1) is 29.4. The Hall–Kier alpha value is -4.64. The van der Waals surface area contributed by atoms with E-state index in [2.05, 4.69) is 10.6 Å². The summed E-state index contributed by atoms with van der Waals surface area (Å²) in [7, 11) is 0. The van der Waals surface area contributed by atoms with Crippen LogP contribution in [0.2, 0.25) is 0 Å². The van der Waals surface area contributed by atoms with Gasteiger partial charge in [-0.3, -0.25) is 19.4 Å². The molecule has 0 aromatic heterocycles. The molecule has 3 aliphatic rings. The Morgan fingerprint density at radius 2 is 1.75 bits per heavy atom. The molecular weight excluding hydrogens is 578 g/mol. The third-order valence-corrected chi connectivity index (χ3v) is 8.93. The third-order valence-electron chi connectivity index (χ3n) is 7.62. The lowest BCUT2D eigenvalue weighted by molar-refractivity contribution is -0.125. The predicted molar refractivity (Wildman–Crippen MR) is 169 cm³/mol. The van der Waals surface area contributed by atoms with E-state index in [4.69, 9.17) is 19.5 Å². The minimum Gasteiger partial charge on any atom is -0.454 e. The SMILES string of the molecule is CC[C@@H](SC1=Nc2ccccc2C2=N[C@H](CCC(=O)NCc3ccc4c(c3)OCO4)C(=O)N12)C(=O)NCc1ccc(C)cc1. The van der Waals surface area contributed by atoms with E-state index in [1.54, 1.807) is 0 Å². The van der Waals surface area contributed by atoms with E-state index >= 15 is 0 Å². The number of thioether (sulfide) groups is 1. The van der Waals surface area contributed by atoms with Crippen molar-refractivity contribution in [3.63, 3.8) is 0 Å². The van der Waals surface area contributed by atoms with Crippen molar-refractivity contribution in [3.8, 4) is 11.5 Å². The quantitative estimate of drug-likeness (QED) is 0.346. The number of fused-ring (bicyclic) bond motifs is 4. The second-order valence-corrected chi connectivity index (χ2v) is 11.9. The summed E-state index contributed by atoms with van der Waals surface area (Å²) in [5, 5.41) is 5.89. The van der Waals surface area contributed by atoms with Crippen molar-refractivity contribution >= 4 is 46.2 Å². The van der Waals surface area contributed by atoms with Crippen LogP contribution in [0.3, 0.4) is 0 Å². The Morgan fingerprint density at radius 3 is 2.57 bits per heavy atom. The van der Waals surface area contributed by atoms with Gasteiger partial charge in [-0.15, -0.1) is 0 Å². The Labute approximate surface area is 259 Å². The number of ether oxygens (including phenoxy) is 2. The van der Waals surface area contributed by atoms with Crippen molar-refractivity contribution in [2.24, 2.45) is 9.98 Å². The van der Waals surface area contributed by atoms with Crippen LogP contribution < -0.4 is 20.1 Å². The molecule has 0 fully saturated rings. The zero-order valence-corrected chi connectivity index (χ0v) is 25.4. The lowest BCUT2D eigenvalue weighted by Crippen LogP contribution is -2.43.